The van der Waals surface area contributed by atoms with E-state index in [0.717, 1.165) is 0 Å². The first-order chi connectivity index (χ1) is 11.2. The number of benzene rings is 1. The lowest BCUT2D eigenvalue weighted by molar-refractivity contribution is -0.130. The molecule has 0 unspecified atom stereocenters. The summed E-state index contributed by atoms with van der Waals surface area (Å²) >= 11 is 0. The normalized spacial score (nSPS) is 15.2. The molecule has 0 aliphatic carbocycles. The summed E-state index contributed by atoms with van der Waals surface area (Å²) in [4.78, 5) is 39.7. The molecule has 0 atom stereocenters. The predicted molar refractivity (Wildman–Crippen MR) is 91.8 cm³/mol. The quantitative estimate of drug-likeness (QED) is 0.893. The van der Waals surface area contributed by atoms with Crippen LogP contribution in [0.25, 0.3) is 0 Å². The van der Waals surface area contributed by atoms with Crippen LogP contribution >= 0.6 is 0 Å². The van der Waals surface area contributed by atoms with Crippen molar-refractivity contribution in [3.63, 3.8) is 0 Å². The lowest BCUT2D eigenvalue weighted by Gasteiger charge is -2.34. The topological polar surface area (TPSA) is 69.7 Å². The SMILES string of the molecule is CC(=O)N1CCN(C(=O)c2cccc(C(=O)NC(C)(C)C)c2)CC1. The molecule has 1 fully saturated rings. The van der Waals surface area contributed by atoms with Crippen LogP contribution in [-0.4, -0.2) is 59.2 Å². The van der Waals surface area contributed by atoms with Crippen molar-refractivity contribution >= 4 is 17.7 Å². The van der Waals surface area contributed by atoms with Gasteiger partial charge in [-0.2, -0.15) is 0 Å². The average Bonchev–Trinajstić information content (AvgIpc) is 2.53. The van der Waals surface area contributed by atoms with Gasteiger partial charge in [0.25, 0.3) is 11.8 Å². The zero-order chi connectivity index (χ0) is 17.9. The van der Waals surface area contributed by atoms with Gasteiger partial charge in [-0.3, -0.25) is 14.4 Å². The van der Waals surface area contributed by atoms with E-state index in [9.17, 15) is 14.4 Å². The second-order valence-electron chi connectivity index (χ2n) is 7.08. The second-order valence-corrected chi connectivity index (χ2v) is 7.08. The summed E-state index contributed by atoms with van der Waals surface area (Å²) in [5.74, 6) is -0.273. The zero-order valence-corrected chi connectivity index (χ0v) is 14.8. The molecule has 1 aromatic carbocycles. The number of amides is 3. The number of nitrogens with zero attached hydrogens (tertiary/aromatic N) is 2. The molecule has 24 heavy (non-hydrogen) atoms. The van der Waals surface area contributed by atoms with Crippen LogP contribution in [0.3, 0.4) is 0 Å². The summed E-state index contributed by atoms with van der Waals surface area (Å²) in [5, 5.41) is 2.89. The minimum Gasteiger partial charge on any atom is -0.347 e. The smallest absolute Gasteiger partial charge is 0.253 e. The molecule has 6 heteroatoms. The van der Waals surface area contributed by atoms with E-state index in [1.807, 2.05) is 20.8 Å². The van der Waals surface area contributed by atoms with Crippen LogP contribution in [-0.2, 0) is 4.79 Å². The Balaban J connectivity index is 2.07. The van der Waals surface area contributed by atoms with Crippen molar-refractivity contribution in [2.24, 2.45) is 0 Å². The van der Waals surface area contributed by atoms with Crippen LogP contribution in [0.1, 0.15) is 48.4 Å². The largest absolute Gasteiger partial charge is 0.347 e. The molecule has 0 saturated carbocycles. The number of hydrogen-bond acceptors (Lipinski definition) is 3. The molecule has 6 nitrogen and oxygen atoms in total. The number of nitrogens with one attached hydrogen (secondary N) is 1. The van der Waals surface area contributed by atoms with E-state index in [1.165, 1.54) is 6.92 Å². The Morgan fingerprint density at radius 3 is 2.04 bits per heavy atom. The van der Waals surface area contributed by atoms with E-state index in [1.54, 1.807) is 34.1 Å². The van der Waals surface area contributed by atoms with Gasteiger partial charge < -0.3 is 15.1 Å². The predicted octanol–water partition coefficient (Wildman–Crippen LogP) is 1.52. The highest BCUT2D eigenvalue weighted by molar-refractivity contribution is 6.00. The van der Waals surface area contributed by atoms with Crippen molar-refractivity contribution in [2.45, 2.75) is 33.2 Å². The Hall–Kier alpha value is -2.37. The first-order valence-corrected chi connectivity index (χ1v) is 8.15. The average molecular weight is 331 g/mol. The van der Waals surface area contributed by atoms with Crippen molar-refractivity contribution in [3.05, 3.63) is 35.4 Å². The highest BCUT2D eigenvalue weighted by atomic mass is 16.2. The van der Waals surface area contributed by atoms with E-state index >= 15 is 0 Å². The van der Waals surface area contributed by atoms with Crippen LogP contribution in [0.2, 0.25) is 0 Å². The van der Waals surface area contributed by atoms with Crippen molar-refractivity contribution in [1.82, 2.24) is 15.1 Å². The maximum absolute atomic E-state index is 12.6. The molecule has 0 bridgehead atoms. The molecule has 130 valence electrons. The van der Waals surface area contributed by atoms with Crippen molar-refractivity contribution in [3.8, 4) is 0 Å². The highest BCUT2D eigenvalue weighted by Gasteiger charge is 2.24. The summed E-state index contributed by atoms with van der Waals surface area (Å²) in [6.45, 7) is 9.39. The summed E-state index contributed by atoms with van der Waals surface area (Å²) in [7, 11) is 0. The van der Waals surface area contributed by atoms with Gasteiger partial charge in [-0.1, -0.05) is 6.07 Å². The van der Waals surface area contributed by atoms with Crippen LogP contribution in [0.15, 0.2) is 24.3 Å². The fourth-order valence-electron chi connectivity index (χ4n) is 2.61. The van der Waals surface area contributed by atoms with Gasteiger partial charge in [-0.15, -0.1) is 0 Å². The Labute approximate surface area is 142 Å². The van der Waals surface area contributed by atoms with Gasteiger partial charge in [0.15, 0.2) is 0 Å². The second kappa shape index (κ2) is 7.03. The highest BCUT2D eigenvalue weighted by Crippen LogP contribution is 2.12. The van der Waals surface area contributed by atoms with Gasteiger partial charge >= 0.3 is 0 Å². The van der Waals surface area contributed by atoms with Gasteiger partial charge in [0.1, 0.15) is 0 Å². The summed E-state index contributed by atoms with van der Waals surface area (Å²) < 4.78 is 0. The van der Waals surface area contributed by atoms with Crippen LogP contribution in [0, 0.1) is 0 Å². The van der Waals surface area contributed by atoms with Crippen LogP contribution in [0.5, 0.6) is 0 Å². The third-order valence-electron chi connectivity index (χ3n) is 3.87. The van der Waals surface area contributed by atoms with Gasteiger partial charge in [0, 0.05) is 49.8 Å². The molecule has 1 heterocycles. The van der Waals surface area contributed by atoms with Gasteiger partial charge in [0.05, 0.1) is 0 Å². The molecule has 1 aliphatic rings. The molecule has 1 aromatic rings. The minimum atomic E-state index is -0.333. The van der Waals surface area contributed by atoms with E-state index in [-0.39, 0.29) is 23.3 Å². The molecular weight excluding hydrogens is 306 g/mol. The summed E-state index contributed by atoms with van der Waals surface area (Å²) in [6, 6.07) is 6.76. The maximum Gasteiger partial charge on any atom is 0.253 e. The number of rotatable bonds is 2. The Bertz CT molecular complexity index is 641. The number of piperazine rings is 1. The molecule has 0 radical (unpaired) electrons. The van der Waals surface area contributed by atoms with Gasteiger partial charge in [0.2, 0.25) is 5.91 Å². The minimum absolute atomic E-state index is 0.0305. The third-order valence-corrected chi connectivity index (χ3v) is 3.87. The summed E-state index contributed by atoms with van der Waals surface area (Å²) in [5.41, 5.74) is 0.631. The zero-order valence-electron chi connectivity index (χ0n) is 14.8. The van der Waals surface area contributed by atoms with Gasteiger partial charge in [-0.05, 0) is 39.0 Å². The third kappa shape index (κ3) is 4.57. The standard InChI is InChI=1S/C18H25N3O3/c1-13(22)20-8-10-21(11-9-20)17(24)15-7-5-6-14(12-15)16(23)19-18(2,3)4/h5-7,12H,8-11H2,1-4H3,(H,19,23). The number of carbonyl (C=O) groups excluding carboxylic acids is 3. The van der Waals surface area contributed by atoms with Crippen molar-refractivity contribution in [2.75, 3.05) is 26.2 Å². The number of hydrogen-bond donors (Lipinski definition) is 1. The molecular formula is C18H25N3O3. The van der Waals surface area contributed by atoms with E-state index in [4.69, 9.17) is 0 Å². The van der Waals surface area contributed by atoms with Crippen molar-refractivity contribution in [1.29, 1.82) is 0 Å². The van der Waals surface area contributed by atoms with E-state index < -0.39 is 0 Å². The first kappa shape index (κ1) is 18.0. The lowest BCUT2D eigenvalue weighted by Crippen LogP contribution is -2.50. The molecule has 1 N–H and O–H groups in total. The Kier molecular flexibility index (Phi) is 5.26. The number of carbonyl (C=O) groups is 3. The Morgan fingerprint density at radius 1 is 0.958 bits per heavy atom. The molecule has 1 saturated heterocycles. The van der Waals surface area contributed by atoms with Crippen LogP contribution < -0.4 is 5.32 Å². The fraction of sp³-hybridized carbons (Fsp3) is 0.500. The molecule has 0 spiro atoms. The molecule has 1 aliphatic heterocycles. The Morgan fingerprint density at radius 2 is 1.50 bits per heavy atom. The molecule has 0 aromatic heterocycles. The van der Waals surface area contributed by atoms with Gasteiger partial charge in [-0.25, -0.2) is 0 Å². The summed E-state index contributed by atoms with van der Waals surface area (Å²) in [6.07, 6.45) is 0. The van der Waals surface area contributed by atoms with Crippen LogP contribution in [0.4, 0.5) is 0 Å². The maximum atomic E-state index is 12.6. The van der Waals surface area contributed by atoms with Crippen molar-refractivity contribution < 1.29 is 14.4 Å². The van der Waals surface area contributed by atoms with E-state index in [2.05, 4.69) is 5.32 Å². The molecule has 2 rings (SSSR count). The fourth-order valence-corrected chi connectivity index (χ4v) is 2.61. The van der Waals surface area contributed by atoms with E-state index in [0.29, 0.717) is 37.3 Å². The monoisotopic (exact) mass is 331 g/mol. The first-order valence-electron chi connectivity index (χ1n) is 8.15. The molecule has 3 amide bonds. The lowest BCUT2D eigenvalue weighted by atomic mass is 10.1.